The summed E-state index contributed by atoms with van der Waals surface area (Å²) >= 11 is 0. The lowest BCUT2D eigenvalue weighted by molar-refractivity contribution is 0.0780. The summed E-state index contributed by atoms with van der Waals surface area (Å²) in [6, 6.07) is 21.0. The molecule has 0 aliphatic heterocycles. The van der Waals surface area contributed by atoms with Crippen LogP contribution in [0, 0.1) is 0 Å². The average Bonchev–Trinajstić information content (AvgIpc) is 3.27. The summed E-state index contributed by atoms with van der Waals surface area (Å²) in [6.07, 6.45) is 7.16. The fourth-order valence-electron chi connectivity index (χ4n) is 3.12. The van der Waals surface area contributed by atoms with E-state index in [-0.39, 0.29) is 5.91 Å². The van der Waals surface area contributed by atoms with Crippen LogP contribution in [0.5, 0.6) is 5.75 Å². The zero-order valence-corrected chi connectivity index (χ0v) is 16.7. The number of ether oxygens (including phenoxy) is 1. The van der Waals surface area contributed by atoms with Crippen LogP contribution in [0.25, 0.3) is 5.69 Å². The van der Waals surface area contributed by atoms with Gasteiger partial charge in [0.2, 0.25) is 0 Å². The lowest BCUT2D eigenvalue weighted by atomic mass is 10.1. The summed E-state index contributed by atoms with van der Waals surface area (Å²) in [6.45, 7) is 0.824. The molecule has 0 N–H and O–H groups in total. The van der Waals surface area contributed by atoms with Gasteiger partial charge in [0.15, 0.2) is 0 Å². The lowest BCUT2D eigenvalue weighted by Gasteiger charge is -2.18. The van der Waals surface area contributed by atoms with Gasteiger partial charge in [-0.25, -0.2) is 4.68 Å². The Morgan fingerprint density at radius 2 is 1.70 bits per heavy atom. The van der Waals surface area contributed by atoms with Crippen LogP contribution >= 0.6 is 0 Å². The van der Waals surface area contributed by atoms with E-state index in [0.717, 1.165) is 16.8 Å². The van der Waals surface area contributed by atoms with Gasteiger partial charge in [0.25, 0.3) is 5.91 Å². The monoisotopic (exact) mass is 398 g/mol. The van der Waals surface area contributed by atoms with E-state index in [2.05, 4.69) is 10.1 Å². The Hall–Kier alpha value is -3.93. The van der Waals surface area contributed by atoms with Crippen molar-refractivity contribution in [2.45, 2.75) is 13.2 Å². The number of benzene rings is 2. The maximum absolute atomic E-state index is 13.1. The molecule has 0 aliphatic carbocycles. The quantitative estimate of drug-likeness (QED) is 0.470. The minimum absolute atomic E-state index is 0.104. The van der Waals surface area contributed by atoms with Crippen molar-refractivity contribution in [2.75, 3.05) is 7.05 Å². The van der Waals surface area contributed by atoms with E-state index in [1.807, 2.05) is 66.9 Å². The number of pyridine rings is 1. The summed E-state index contributed by atoms with van der Waals surface area (Å²) in [7, 11) is 1.78. The fourth-order valence-corrected chi connectivity index (χ4v) is 3.12. The Balaban J connectivity index is 1.45. The smallest absolute Gasteiger partial charge is 0.257 e. The minimum atomic E-state index is -0.104. The second-order valence-electron chi connectivity index (χ2n) is 6.93. The van der Waals surface area contributed by atoms with E-state index in [9.17, 15) is 4.79 Å². The van der Waals surface area contributed by atoms with Gasteiger partial charge in [-0.3, -0.25) is 9.78 Å². The zero-order chi connectivity index (χ0) is 20.8. The van der Waals surface area contributed by atoms with Gasteiger partial charge in [0.05, 0.1) is 17.4 Å². The molecular formula is C24H22N4O2. The van der Waals surface area contributed by atoms with Gasteiger partial charge in [-0.05, 0) is 42.0 Å². The van der Waals surface area contributed by atoms with E-state index in [1.165, 1.54) is 0 Å². The van der Waals surface area contributed by atoms with Crippen molar-refractivity contribution in [2.24, 2.45) is 0 Å². The first-order valence-electron chi connectivity index (χ1n) is 9.66. The van der Waals surface area contributed by atoms with E-state index >= 15 is 0 Å². The number of nitrogens with zero attached hydrogens (tertiary/aromatic N) is 4. The van der Waals surface area contributed by atoms with Crippen molar-refractivity contribution < 1.29 is 9.53 Å². The van der Waals surface area contributed by atoms with E-state index in [4.69, 9.17) is 4.74 Å². The van der Waals surface area contributed by atoms with Crippen molar-refractivity contribution in [1.29, 1.82) is 0 Å². The van der Waals surface area contributed by atoms with Crippen molar-refractivity contribution in [1.82, 2.24) is 19.7 Å². The number of para-hydroxylation sites is 2. The molecule has 0 saturated carbocycles. The van der Waals surface area contributed by atoms with Crippen molar-refractivity contribution in [3.63, 3.8) is 0 Å². The van der Waals surface area contributed by atoms with Gasteiger partial charge in [0, 0.05) is 37.7 Å². The summed E-state index contributed by atoms with van der Waals surface area (Å²) in [5.41, 5.74) is 3.45. The molecule has 150 valence electrons. The molecule has 0 fully saturated rings. The Kier molecular flexibility index (Phi) is 5.85. The molecule has 30 heavy (non-hydrogen) atoms. The molecule has 2 aromatic heterocycles. The van der Waals surface area contributed by atoms with E-state index in [0.29, 0.717) is 24.5 Å². The summed E-state index contributed by atoms with van der Waals surface area (Å²) in [4.78, 5) is 18.7. The maximum Gasteiger partial charge on any atom is 0.257 e. The second-order valence-corrected chi connectivity index (χ2v) is 6.93. The van der Waals surface area contributed by atoms with Crippen LogP contribution in [-0.4, -0.2) is 32.6 Å². The molecule has 1 amide bonds. The molecule has 2 aromatic carbocycles. The molecule has 0 radical (unpaired) electrons. The predicted molar refractivity (Wildman–Crippen MR) is 114 cm³/mol. The normalized spacial score (nSPS) is 10.6. The molecule has 0 saturated heterocycles. The topological polar surface area (TPSA) is 60.2 Å². The molecule has 6 heteroatoms. The van der Waals surface area contributed by atoms with Crippen LogP contribution in [0.15, 0.2) is 91.5 Å². The third-order valence-electron chi connectivity index (χ3n) is 4.68. The van der Waals surface area contributed by atoms with Crippen LogP contribution in [0.3, 0.4) is 0 Å². The number of rotatable bonds is 7. The highest BCUT2D eigenvalue weighted by Gasteiger charge is 2.17. The third kappa shape index (κ3) is 4.55. The van der Waals surface area contributed by atoms with Gasteiger partial charge < -0.3 is 9.64 Å². The highest BCUT2D eigenvalue weighted by atomic mass is 16.5. The first kappa shape index (κ1) is 19.4. The van der Waals surface area contributed by atoms with Gasteiger partial charge in [-0.1, -0.05) is 30.3 Å². The highest BCUT2D eigenvalue weighted by molar-refractivity contribution is 5.96. The SMILES string of the molecule is CN(Cc1cnn(-c2ccccc2)c1)C(=O)c1ccccc1OCc1ccncc1. The molecule has 0 unspecified atom stereocenters. The van der Waals surface area contributed by atoms with Crippen LogP contribution in [-0.2, 0) is 13.2 Å². The van der Waals surface area contributed by atoms with Crippen molar-refractivity contribution in [3.8, 4) is 11.4 Å². The Morgan fingerprint density at radius 1 is 0.967 bits per heavy atom. The summed E-state index contributed by atoms with van der Waals surface area (Å²) in [5, 5.41) is 4.40. The summed E-state index contributed by atoms with van der Waals surface area (Å²) in [5.74, 6) is 0.457. The number of carbonyl (C=O) groups excluding carboxylic acids is 1. The van der Waals surface area contributed by atoms with Gasteiger partial charge in [0.1, 0.15) is 12.4 Å². The number of hydrogen-bond donors (Lipinski definition) is 0. The van der Waals surface area contributed by atoms with E-state index in [1.54, 1.807) is 41.3 Å². The van der Waals surface area contributed by atoms with Gasteiger partial charge in [-0.2, -0.15) is 5.10 Å². The number of carbonyl (C=O) groups is 1. The first-order valence-corrected chi connectivity index (χ1v) is 9.66. The molecular weight excluding hydrogens is 376 g/mol. The zero-order valence-electron chi connectivity index (χ0n) is 16.7. The van der Waals surface area contributed by atoms with Crippen molar-refractivity contribution in [3.05, 3.63) is 108 Å². The fraction of sp³-hybridized carbons (Fsp3) is 0.125. The number of aromatic nitrogens is 3. The van der Waals surface area contributed by atoms with Crippen LogP contribution in [0.1, 0.15) is 21.5 Å². The van der Waals surface area contributed by atoms with Crippen LogP contribution < -0.4 is 4.74 Å². The van der Waals surface area contributed by atoms with Gasteiger partial charge >= 0.3 is 0 Å². The average molecular weight is 398 g/mol. The molecule has 0 spiro atoms. The largest absolute Gasteiger partial charge is 0.488 e. The first-order chi connectivity index (χ1) is 14.7. The Labute approximate surface area is 175 Å². The van der Waals surface area contributed by atoms with Crippen molar-refractivity contribution >= 4 is 5.91 Å². The van der Waals surface area contributed by atoms with E-state index < -0.39 is 0 Å². The predicted octanol–water partition coefficient (Wildman–Crippen LogP) is 4.12. The Morgan fingerprint density at radius 3 is 2.50 bits per heavy atom. The van der Waals surface area contributed by atoms with Crippen LogP contribution in [0.4, 0.5) is 0 Å². The standard InChI is InChI=1S/C24H22N4O2/c1-27(16-20-15-26-28(17-20)21-7-3-2-4-8-21)24(29)22-9-5-6-10-23(22)30-18-19-11-13-25-14-12-19/h2-15,17H,16,18H2,1H3. The Bertz CT molecular complexity index is 1110. The molecule has 4 aromatic rings. The third-order valence-corrected chi connectivity index (χ3v) is 4.68. The summed E-state index contributed by atoms with van der Waals surface area (Å²) < 4.78 is 7.72. The molecule has 0 atom stereocenters. The molecule has 4 rings (SSSR count). The number of hydrogen-bond acceptors (Lipinski definition) is 4. The van der Waals surface area contributed by atoms with Gasteiger partial charge in [-0.15, -0.1) is 0 Å². The molecule has 0 bridgehead atoms. The number of amides is 1. The second kappa shape index (κ2) is 9.05. The molecule has 6 nitrogen and oxygen atoms in total. The molecule has 2 heterocycles. The van der Waals surface area contributed by atoms with Crippen LogP contribution in [0.2, 0.25) is 0 Å². The minimum Gasteiger partial charge on any atom is -0.488 e. The lowest BCUT2D eigenvalue weighted by Crippen LogP contribution is -2.26. The highest BCUT2D eigenvalue weighted by Crippen LogP contribution is 2.21. The maximum atomic E-state index is 13.1. The molecule has 0 aliphatic rings.